The number of carbonyl (C=O) groups excluding carboxylic acids is 1. The minimum Gasteiger partial charge on any atom is -0.398 e. The maximum Gasteiger partial charge on any atom is 0.355 e. The number of aromatic nitrogens is 4. The van der Waals surface area contributed by atoms with Crippen LogP contribution >= 0.6 is 0 Å². The highest BCUT2D eigenvalue weighted by Crippen LogP contribution is 2.33. The molecular weight excluding hydrogens is 564 g/mol. The lowest BCUT2D eigenvalue weighted by molar-refractivity contribution is -0.128. The molecule has 9 nitrogen and oxygen atoms in total. The van der Waals surface area contributed by atoms with Crippen LogP contribution < -0.4 is 16.3 Å². The van der Waals surface area contributed by atoms with E-state index in [1.165, 1.54) is 28.8 Å². The number of hydrogen-bond acceptors (Lipinski definition) is 7. The van der Waals surface area contributed by atoms with Gasteiger partial charge in [0.25, 0.3) is 0 Å². The molecule has 2 atom stereocenters. The van der Waals surface area contributed by atoms with Crippen molar-refractivity contribution in [2.24, 2.45) is 0 Å². The number of amides is 1. The molecule has 232 valence electrons. The van der Waals surface area contributed by atoms with Gasteiger partial charge in [-0.05, 0) is 62.6 Å². The number of nitrogens with two attached hydrogens (primary N) is 1. The number of rotatable bonds is 6. The van der Waals surface area contributed by atoms with Crippen molar-refractivity contribution >= 4 is 28.4 Å². The molecule has 0 bridgehead atoms. The second-order valence-electron chi connectivity index (χ2n) is 11.4. The van der Waals surface area contributed by atoms with Gasteiger partial charge in [-0.15, -0.1) is 0 Å². The zero-order valence-corrected chi connectivity index (χ0v) is 24.9. The van der Waals surface area contributed by atoms with E-state index in [0.29, 0.717) is 29.9 Å². The van der Waals surface area contributed by atoms with Crippen LogP contribution in [0.4, 0.5) is 20.3 Å². The number of nitrogen functional groups attached to an aromatic ring is 1. The van der Waals surface area contributed by atoms with Gasteiger partial charge in [0, 0.05) is 49.0 Å². The van der Waals surface area contributed by atoms with E-state index in [0.717, 1.165) is 5.56 Å². The number of anilines is 2. The molecule has 5 rings (SSSR count). The van der Waals surface area contributed by atoms with Gasteiger partial charge in [0.15, 0.2) is 5.65 Å². The molecule has 0 spiro atoms. The summed E-state index contributed by atoms with van der Waals surface area (Å²) in [7, 11) is 0. The third-order valence-electron chi connectivity index (χ3n) is 8.01. The molecule has 1 aromatic carbocycles. The van der Waals surface area contributed by atoms with Crippen LogP contribution in [0, 0.1) is 18.6 Å². The third-order valence-corrected chi connectivity index (χ3v) is 8.01. The fourth-order valence-electron chi connectivity index (χ4n) is 5.75. The van der Waals surface area contributed by atoms with Crippen molar-refractivity contribution in [3.05, 3.63) is 93.8 Å². The summed E-state index contributed by atoms with van der Waals surface area (Å²) in [4.78, 5) is 43.8. The van der Waals surface area contributed by atoms with Crippen molar-refractivity contribution in [2.45, 2.75) is 66.5 Å². The van der Waals surface area contributed by atoms with Crippen molar-refractivity contribution in [3.63, 3.8) is 0 Å². The van der Waals surface area contributed by atoms with Crippen molar-refractivity contribution < 1.29 is 13.6 Å². The molecule has 4 aromatic rings. The fourth-order valence-corrected chi connectivity index (χ4v) is 5.75. The highest BCUT2D eigenvalue weighted by atomic mass is 19.1. The minimum atomic E-state index is -0.684. The fraction of sp³-hybridized carbons (Fsp3) is 0.364. The van der Waals surface area contributed by atoms with E-state index >= 15 is 4.39 Å². The van der Waals surface area contributed by atoms with Gasteiger partial charge >= 0.3 is 5.69 Å². The molecule has 44 heavy (non-hydrogen) atoms. The first kappa shape index (κ1) is 32.2. The molecule has 1 aliphatic heterocycles. The summed E-state index contributed by atoms with van der Waals surface area (Å²) in [5.41, 5.74) is 7.76. The number of halogens is 2. The number of nitrogens with zero attached hydrogens (tertiary/aromatic N) is 6. The van der Waals surface area contributed by atoms with Crippen LogP contribution in [0.15, 0.2) is 54.0 Å². The van der Waals surface area contributed by atoms with Crippen LogP contribution in [0.3, 0.4) is 0 Å². The molecular formula is C33H39F2N7O2. The monoisotopic (exact) mass is 603 g/mol. The summed E-state index contributed by atoms with van der Waals surface area (Å²) in [5, 5.41) is 0.308. The lowest BCUT2D eigenvalue weighted by Crippen LogP contribution is -2.58. The molecule has 1 saturated heterocycles. The average Bonchev–Trinajstić information content (AvgIpc) is 2.96. The van der Waals surface area contributed by atoms with Gasteiger partial charge in [0.2, 0.25) is 5.91 Å². The Morgan fingerprint density at radius 1 is 1.14 bits per heavy atom. The van der Waals surface area contributed by atoms with E-state index in [9.17, 15) is 14.0 Å². The van der Waals surface area contributed by atoms with Crippen molar-refractivity contribution in [1.82, 2.24) is 24.4 Å². The summed E-state index contributed by atoms with van der Waals surface area (Å²) in [6.45, 7) is 13.9. The topological polar surface area (TPSA) is 110 Å². The number of carbonyl (C=O) groups is 1. The average molecular weight is 604 g/mol. The Labute approximate surface area is 256 Å². The van der Waals surface area contributed by atoms with Gasteiger partial charge in [-0.25, -0.2) is 23.1 Å². The van der Waals surface area contributed by atoms with Crippen LogP contribution in [0.1, 0.15) is 63.6 Å². The lowest BCUT2D eigenvalue weighted by atomic mass is 10.0. The number of fused-ring (bicyclic) bond motifs is 1. The van der Waals surface area contributed by atoms with Crippen LogP contribution in [-0.2, 0) is 11.2 Å². The molecule has 4 heterocycles. The SMILES string of the molecule is C.C=CC(=O)N1C[C@H](C)N(c2nc(=O)n(-c3c(C)ccnc3C(C)C)c3nc(Cc4c(N)cccc4F)c(F)cc23)C[C@H]1C. The third kappa shape index (κ3) is 5.66. The first-order valence-corrected chi connectivity index (χ1v) is 14.2. The van der Waals surface area contributed by atoms with Gasteiger partial charge in [-0.1, -0.05) is 33.9 Å². The second-order valence-corrected chi connectivity index (χ2v) is 11.4. The zero-order valence-electron chi connectivity index (χ0n) is 24.9. The highest BCUT2D eigenvalue weighted by Gasteiger charge is 2.34. The smallest absolute Gasteiger partial charge is 0.355 e. The molecule has 1 amide bonds. The first-order valence-electron chi connectivity index (χ1n) is 14.2. The molecule has 1 aliphatic rings. The Hall–Kier alpha value is -4.67. The Kier molecular flexibility index (Phi) is 9.17. The van der Waals surface area contributed by atoms with Gasteiger partial charge in [-0.3, -0.25) is 9.78 Å². The summed E-state index contributed by atoms with van der Waals surface area (Å²) in [5.74, 6) is -1.24. The van der Waals surface area contributed by atoms with Crippen molar-refractivity contribution in [1.29, 1.82) is 0 Å². The lowest BCUT2D eigenvalue weighted by Gasteiger charge is -2.44. The Morgan fingerprint density at radius 3 is 2.52 bits per heavy atom. The van der Waals surface area contributed by atoms with Crippen molar-refractivity contribution in [2.75, 3.05) is 23.7 Å². The van der Waals surface area contributed by atoms with E-state index in [-0.39, 0.29) is 66.2 Å². The largest absolute Gasteiger partial charge is 0.398 e. The molecule has 0 aliphatic carbocycles. The molecule has 0 unspecified atom stereocenters. The summed E-state index contributed by atoms with van der Waals surface area (Å²) in [6.07, 6.45) is 2.74. The predicted octanol–water partition coefficient (Wildman–Crippen LogP) is 5.31. The molecule has 0 radical (unpaired) electrons. The minimum absolute atomic E-state index is 0. The molecule has 2 N–H and O–H groups in total. The molecule has 1 fully saturated rings. The van der Waals surface area contributed by atoms with Crippen LogP contribution in [-0.4, -0.2) is 55.5 Å². The van der Waals surface area contributed by atoms with Crippen molar-refractivity contribution in [3.8, 4) is 5.69 Å². The number of aryl methyl sites for hydroxylation is 1. The van der Waals surface area contributed by atoms with E-state index in [2.05, 4.69) is 21.5 Å². The molecule has 11 heteroatoms. The maximum absolute atomic E-state index is 15.9. The van der Waals surface area contributed by atoms with Gasteiger partial charge in [0.1, 0.15) is 17.5 Å². The summed E-state index contributed by atoms with van der Waals surface area (Å²) < 4.78 is 32.0. The standard InChI is InChI=1S/C32H35F2N7O2.CH4/c1-7-27(42)39-15-20(6)40(16-19(39)5)30-22-13-24(34)26(14-21-23(33)9-8-10-25(21)35)37-31(22)41(32(43)38-30)29-18(4)11-12-36-28(29)17(2)3;/h7-13,17,19-20H,1,14-16,35H2,2-6H3;1H4/t19-,20+;/m1./s1. The normalized spacial score (nSPS) is 16.7. The Bertz CT molecular complexity index is 1780. The summed E-state index contributed by atoms with van der Waals surface area (Å²) >= 11 is 0. The van der Waals surface area contributed by atoms with E-state index in [1.807, 2.05) is 39.5 Å². The second kappa shape index (κ2) is 12.5. The van der Waals surface area contributed by atoms with Crippen LogP contribution in [0.25, 0.3) is 16.7 Å². The number of pyridine rings is 2. The Balaban J connectivity index is 0.00000442. The highest BCUT2D eigenvalue weighted by molar-refractivity contribution is 5.90. The van der Waals surface area contributed by atoms with Gasteiger partial charge in [-0.2, -0.15) is 4.98 Å². The number of hydrogen-bond donors (Lipinski definition) is 1. The van der Waals surface area contributed by atoms with Gasteiger partial charge in [0.05, 0.1) is 22.5 Å². The molecule has 3 aromatic heterocycles. The van der Waals surface area contributed by atoms with Crippen LogP contribution in [0.5, 0.6) is 0 Å². The first-order chi connectivity index (χ1) is 20.4. The Morgan fingerprint density at radius 2 is 1.86 bits per heavy atom. The zero-order chi connectivity index (χ0) is 31.2. The maximum atomic E-state index is 15.9. The van der Waals surface area contributed by atoms with E-state index in [4.69, 9.17) is 5.73 Å². The van der Waals surface area contributed by atoms with Gasteiger partial charge < -0.3 is 15.5 Å². The van der Waals surface area contributed by atoms with E-state index in [1.54, 1.807) is 23.2 Å². The molecule has 0 saturated carbocycles. The quantitative estimate of drug-likeness (QED) is 0.235. The summed E-state index contributed by atoms with van der Waals surface area (Å²) in [6, 6.07) is 6.90. The van der Waals surface area contributed by atoms with E-state index < -0.39 is 17.3 Å². The van der Waals surface area contributed by atoms with Crippen LogP contribution in [0.2, 0.25) is 0 Å². The predicted molar refractivity (Wildman–Crippen MR) is 170 cm³/mol. The number of benzene rings is 1. The number of piperazine rings is 1.